The lowest BCUT2D eigenvalue weighted by Crippen LogP contribution is -2.36. The number of benzene rings is 1. The fourth-order valence-electron chi connectivity index (χ4n) is 2.32. The minimum atomic E-state index is -0.231. The highest BCUT2D eigenvalue weighted by atomic mass is 32.2. The molecule has 0 aliphatic heterocycles. The highest BCUT2D eigenvalue weighted by molar-refractivity contribution is 7.98. The van der Waals surface area contributed by atoms with Crippen molar-refractivity contribution in [2.24, 2.45) is 4.99 Å². The van der Waals surface area contributed by atoms with E-state index >= 15 is 0 Å². The first-order valence-electron chi connectivity index (χ1n) is 7.37. The van der Waals surface area contributed by atoms with Crippen LogP contribution in [-0.4, -0.2) is 28.6 Å². The van der Waals surface area contributed by atoms with Gasteiger partial charge in [0.15, 0.2) is 10.9 Å². The summed E-state index contributed by atoms with van der Waals surface area (Å²) in [5.74, 6) is 0.424. The zero-order valence-corrected chi connectivity index (χ0v) is 15.0. The zero-order valence-electron chi connectivity index (χ0n) is 13.4. The smallest absolute Gasteiger partial charge is 0.193 e. The maximum atomic E-state index is 13.4. The van der Waals surface area contributed by atoms with Gasteiger partial charge in [-0.3, -0.25) is 9.39 Å². The maximum Gasteiger partial charge on any atom is 0.193 e. The third kappa shape index (κ3) is 3.88. The van der Waals surface area contributed by atoms with E-state index in [2.05, 4.69) is 20.6 Å². The van der Waals surface area contributed by atoms with Crippen LogP contribution in [0.2, 0.25) is 0 Å². The number of aliphatic imine (C=N–C) groups is 1. The number of guanidine groups is 1. The van der Waals surface area contributed by atoms with Crippen LogP contribution in [0.5, 0.6) is 0 Å². The van der Waals surface area contributed by atoms with Crippen LogP contribution in [0.1, 0.15) is 11.3 Å². The first-order valence-corrected chi connectivity index (χ1v) is 9.48. The van der Waals surface area contributed by atoms with Gasteiger partial charge in [-0.25, -0.2) is 9.37 Å². The monoisotopic (exact) mass is 363 g/mol. The number of nitrogens with zero attached hydrogens (tertiary/aromatic N) is 3. The molecule has 2 aromatic heterocycles. The number of thioether (sulfide) groups is 1. The molecule has 0 radical (unpaired) electrons. The van der Waals surface area contributed by atoms with Gasteiger partial charge in [0.05, 0.1) is 12.2 Å². The Morgan fingerprint density at radius 3 is 2.96 bits per heavy atom. The molecule has 5 nitrogen and oxygen atoms in total. The van der Waals surface area contributed by atoms with Crippen LogP contribution in [-0.2, 0) is 13.1 Å². The first-order chi connectivity index (χ1) is 11.7. The second-order valence-electron chi connectivity index (χ2n) is 5.06. The minimum Gasteiger partial charge on any atom is -0.352 e. The zero-order chi connectivity index (χ0) is 16.9. The molecule has 2 N–H and O–H groups in total. The van der Waals surface area contributed by atoms with E-state index < -0.39 is 0 Å². The summed E-state index contributed by atoms with van der Waals surface area (Å²) in [6, 6.07) is 4.83. The van der Waals surface area contributed by atoms with E-state index in [-0.39, 0.29) is 5.82 Å². The fraction of sp³-hybridized carbons (Fsp3) is 0.250. The number of rotatable bonds is 5. The number of thiazole rings is 1. The Morgan fingerprint density at radius 1 is 1.38 bits per heavy atom. The molecule has 0 saturated heterocycles. The van der Waals surface area contributed by atoms with E-state index in [1.807, 2.05) is 28.4 Å². The van der Waals surface area contributed by atoms with Gasteiger partial charge in [0, 0.05) is 36.3 Å². The van der Waals surface area contributed by atoms with Crippen molar-refractivity contribution in [3.63, 3.8) is 0 Å². The maximum absolute atomic E-state index is 13.4. The second kappa shape index (κ2) is 7.67. The summed E-state index contributed by atoms with van der Waals surface area (Å²) in [4.78, 5) is 10.7. The molecule has 0 spiro atoms. The molecule has 0 fully saturated rings. The standard InChI is InChI=1S/C16H18FN5S2/c1-18-15(19-8-11-7-12(17)3-4-14(11)23-2)20-9-13-10-22-5-6-24-16(22)21-13/h3-7,10H,8-9H2,1-2H3,(H2,18,19,20). The summed E-state index contributed by atoms with van der Waals surface area (Å²) in [6.07, 6.45) is 5.95. The van der Waals surface area contributed by atoms with Gasteiger partial charge in [-0.15, -0.1) is 23.1 Å². The summed E-state index contributed by atoms with van der Waals surface area (Å²) in [5.41, 5.74) is 1.85. The van der Waals surface area contributed by atoms with Crippen molar-refractivity contribution in [2.75, 3.05) is 13.3 Å². The summed E-state index contributed by atoms with van der Waals surface area (Å²) in [5, 5.41) is 8.44. The lowest BCUT2D eigenvalue weighted by molar-refractivity contribution is 0.622. The van der Waals surface area contributed by atoms with Crippen molar-refractivity contribution >= 4 is 34.0 Å². The first kappa shape index (κ1) is 16.8. The summed E-state index contributed by atoms with van der Waals surface area (Å²) in [7, 11) is 1.71. The molecule has 3 aromatic rings. The third-order valence-corrected chi connectivity index (χ3v) is 5.10. The molecule has 0 aliphatic rings. The second-order valence-corrected chi connectivity index (χ2v) is 6.78. The fourth-order valence-corrected chi connectivity index (χ4v) is 3.64. The van der Waals surface area contributed by atoms with E-state index in [0.29, 0.717) is 19.0 Å². The Bertz CT molecular complexity index is 827. The predicted octanol–water partition coefficient (Wildman–Crippen LogP) is 3.12. The van der Waals surface area contributed by atoms with Gasteiger partial charge in [-0.2, -0.15) is 0 Å². The van der Waals surface area contributed by atoms with Crippen LogP contribution in [0.15, 0.2) is 45.9 Å². The average Bonchev–Trinajstić information content (AvgIpc) is 3.16. The van der Waals surface area contributed by atoms with Crippen molar-refractivity contribution in [3.8, 4) is 0 Å². The molecule has 0 aliphatic carbocycles. The van der Waals surface area contributed by atoms with Gasteiger partial charge in [0.25, 0.3) is 0 Å². The predicted molar refractivity (Wildman–Crippen MR) is 98.3 cm³/mol. The third-order valence-electron chi connectivity index (χ3n) is 3.49. The van der Waals surface area contributed by atoms with Crippen molar-refractivity contribution < 1.29 is 4.39 Å². The lowest BCUT2D eigenvalue weighted by atomic mass is 10.2. The molecule has 0 atom stereocenters. The highest BCUT2D eigenvalue weighted by Crippen LogP contribution is 2.21. The molecule has 2 heterocycles. The average molecular weight is 363 g/mol. The van der Waals surface area contributed by atoms with E-state index in [0.717, 1.165) is 21.1 Å². The molecule has 24 heavy (non-hydrogen) atoms. The number of imidazole rings is 1. The summed E-state index contributed by atoms with van der Waals surface area (Å²) < 4.78 is 15.4. The summed E-state index contributed by atoms with van der Waals surface area (Å²) in [6.45, 7) is 1.08. The molecule has 8 heteroatoms. The quantitative estimate of drug-likeness (QED) is 0.415. The van der Waals surface area contributed by atoms with Crippen LogP contribution in [0.4, 0.5) is 4.39 Å². The Balaban J connectivity index is 1.59. The van der Waals surface area contributed by atoms with E-state index in [1.165, 1.54) is 6.07 Å². The molecule has 0 bridgehead atoms. The van der Waals surface area contributed by atoms with E-state index in [4.69, 9.17) is 0 Å². The number of aromatic nitrogens is 2. The van der Waals surface area contributed by atoms with Crippen molar-refractivity contribution in [1.82, 2.24) is 20.0 Å². The molecule has 0 saturated carbocycles. The molecular formula is C16H18FN5S2. The van der Waals surface area contributed by atoms with Gasteiger partial charge in [0.2, 0.25) is 0 Å². The molecule has 0 unspecified atom stereocenters. The van der Waals surface area contributed by atoms with Crippen LogP contribution < -0.4 is 10.6 Å². The van der Waals surface area contributed by atoms with Crippen LogP contribution >= 0.6 is 23.1 Å². The number of halogens is 1. The van der Waals surface area contributed by atoms with E-state index in [1.54, 1.807) is 42.3 Å². The Kier molecular flexibility index (Phi) is 5.37. The Labute approximate surface area is 148 Å². The summed E-state index contributed by atoms with van der Waals surface area (Å²) >= 11 is 3.20. The number of hydrogen-bond donors (Lipinski definition) is 2. The Hall–Kier alpha value is -2.06. The molecular weight excluding hydrogens is 345 g/mol. The molecule has 126 valence electrons. The van der Waals surface area contributed by atoms with Gasteiger partial charge in [0.1, 0.15) is 5.82 Å². The van der Waals surface area contributed by atoms with Gasteiger partial charge in [-0.05, 0) is 30.0 Å². The van der Waals surface area contributed by atoms with Crippen LogP contribution in [0.25, 0.3) is 4.96 Å². The number of fused-ring (bicyclic) bond motifs is 1. The number of hydrogen-bond acceptors (Lipinski definition) is 4. The van der Waals surface area contributed by atoms with Crippen molar-refractivity contribution in [1.29, 1.82) is 0 Å². The highest BCUT2D eigenvalue weighted by Gasteiger charge is 2.06. The minimum absolute atomic E-state index is 0.231. The normalized spacial score (nSPS) is 11.9. The lowest BCUT2D eigenvalue weighted by Gasteiger charge is -2.13. The van der Waals surface area contributed by atoms with Gasteiger partial charge < -0.3 is 10.6 Å². The molecule has 3 rings (SSSR count). The molecule has 0 amide bonds. The van der Waals surface area contributed by atoms with Gasteiger partial charge in [-0.1, -0.05) is 0 Å². The molecule has 1 aromatic carbocycles. The van der Waals surface area contributed by atoms with Crippen LogP contribution in [0, 0.1) is 5.82 Å². The number of nitrogens with one attached hydrogen (secondary N) is 2. The van der Waals surface area contributed by atoms with E-state index in [9.17, 15) is 4.39 Å². The largest absolute Gasteiger partial charge is 0.352 e. The van der Waals surface area contributed by atoms with Crippen molar-refractivity contribution in [3.05, 3.63) is 53.0 Å². The SMILES string of the molecule is CN=C(NCc1cn2ccsc2n1)NCc1cc(F)ccc1SC. The topological polar surface area (TPSA) is 53.7 Å². The van der Waals surface area contributed by atoms with Gasteiger partial charge >= 0.3 is 0 Å². The van der Waals surface area contributed by atoms with Crippen LogP contribution in [0.3, 0.4) is 0 Å². The van der Waals surface area contributed by atoms with Crippen molar-refractivity contribution in [2.45, 2.75) is 18.0 Å². The Morgan fingerprint density at radius 2 is 2.21 bits per heavy atom.